The third-order valence-electron chi connectivity index (χ3n) is 5.12. The van der Waals surface area contributed by atoms with E-state index < -0.39 is 12.0 Å². The fourth-order valence-corrected chi connectivity index (χ4v) is 3.82. The van der Waals surface area contributed by atoms with Crippen LogP contribution in [0.4, 0.5) is 0 Å². The van der Waals surface area contributed by atoms with Gasteiger partial charge < -0.3 is 10.3 Å². The minimum atomic E-state index is -0.753. The average molecular weight is 384 g/mol. The predicted molar refractivity (Wildman–Crippen MR) is 103 cm³/mol. The Labute approximate surface area is 160 Å². The van der Waals surface area contributed by atoms with Crippen molar-refractivity contribution in [2.75, 3.05) is 6.54 Å². The van der Waals surface area contributed by atoms with E-state index in [1.807, 2.05) is 54.7 Å². The molecule has 1 aliphatic rings. The first-order chi connectivity index (χ1) is 13.1. The molecule has 1 fully saturated rings. The molecule has 0 saturated heterocycles. The third kappa shape index (κ3) is 3.40. The highest BCUT2D eigenvalue weighted by Gasteiger charge is 2.53. The highest BCUT2D eigenvalue weighted by Crippen LogP contribution is 2.36. The molecule has 0 radical (unpaired) electrons. The largest absolute Gasteiger partial charge is 0.361 e. The average Bonchev–Trinajstić information content (AvgIpc) is 3.37. The molecule has 27 heavy (non-hydrogen) atoms. The molecular weight excluding hydrogens is 366 g/mol. The Bertz CT molecular complexity index is 1020. The summed E-state index contributed by atoms with van der Waals surface area (Å²) in [5.41, 5.74) is 2.94. The van der Waals surface area contributed by atoms with Gasteiger partial charge in [0.25, 0.3) is 0 Å². The molecule has 0 aliphatic heterocycles. The molecule has 1 aromatic heterocycles. The molecule has 0 bridgehead atoms. The fraction of sp³-hybridized carbons (Fsp3) is 0.250. The maximum absolute atomic E-state index is 12.3. The summed E-state index contributed by atoms with van der Waals surface area (Å²) in [4.78, 5) is 26.0. The van der Waals surface area contributed by atoms with Crippen molar-refractivity contribution in [3.8, 4) is 0 Å². The summed E-state index contributed by atoms with van der Waals surface area (Å²) in [6, 6.07) is 14.7. The monoisotopic (exact) mass is 383 g/mol. The highest BCUT2D eigenvalue weighted by atomic mass is 35.5. The summed E-state index contributed by atoms with van der Waals surface area (Å²) in [6.45, 7) is 0.325. The number of carbonyl (C=O) groups is 1. The molecule has 0 spiro atoms. The minimum Gasteiger partial charge on any atom is -0.361 e. The molecule has 3 atom stereocenters. The first kappa shape index (κ1) is 17.5. The number of nitrogens with zero attached hydrogens (tertiary/aromatic N) is 1. The van der Waals surface area contributed by atoms with E-state index in [-0.39, 0.29) is 16.7 Å². The second-order valence-corrected chi connectivity index (χ2v) is 7.21. The Morgan fingerprint density at radius 3 is 2.70 bits per heavy atom. The molecular formula is C20H18ClN3O3. The van der Waals surface area contributed by atoms with Gasteiger partial charge in [-0.25, -0.2) is 0 Å². The van der Waals surface area contributed by atoms with E-state index in [4.69, 9.17) is 11.6 Å². The fourth-order valence-electron chi connectivity index (χ4n) is 3.56. The number of aromatic amines is 1. The van der Waals surface area contributed by atoms with Crippen molar-refractivity contribution in [1.29, 1.82) is 0 Å². The quantitative estimate of drug-likeness (QED) is 0.502. The van der Waals surface area contributed by atoms with Crippen molar-refractivity contribution in [3.05, 3.63) is 81.0 Å². The van der Waals surface area contributed by atoms with Crippen LogP contribution < -0.4 is 5.32 Å². The Balaban J connectivity index is 1.62. The molecule has 1 amide bonds. The molecule has 1 saturated carbocycles. The van der Waals surface area contributed by atoms with Crippen LogP contribution in [0.2, 0.25) is 5.02 Å². The Morgan fingerprint density at radius 2 is 1.96 bits per heavy atom. The Kier molecular flexibility index (Phi) is 4.58. The normalized spacial score (nSPS) is 19.6. The van der Waals surface area contributed by atoms with Crippen LogP contribution in [0.3, 0.4) is 0 Å². The molecule has 138 valence electrons. The van der Waals surface area contributed by atoms with Crippen molar-refractivity contribution in [3.63, 3.8) is 0 Å². The number of H-pyrrole nitrogens is 1. The van der Waals surface area contributed by atoms with Gasteiger partial charge in [0.1, 0.15) is 5.92 Å². The van der Waals surface area contributed by atoms with Crippen molar-refractivity contribution in [2.24, 2.45) is 5.92 Å². The second-order valence-electron chi connectivity index (χ2n) is 6.80. The zero-order valence-electron chi connectivity index (χ0n) is 14.4. The summed E-state index contributed by atoms with van der Waals surface area (Å²) in [6.07, 6.45) is 2.24. The van der Waals surface area contributed by atoms with Gasteiger partial charge in [0.05, 0.1) is 0 Å². The smallest absolute Gasteiger partial charge is 0.230 e. The van der Waals surface area contributed by atoms with E-state index in [1.54, 1.807) is 0 Å². The van der Waals surface area contributed by atoms with Gasteiger partial charge in [-0.3, -0.25) is 14.9 Å². The van der Waals surface area contributed by atoms with Gasteiger partial charge in [-0.1, -0.05) is 48.0 Å². The highest BCUT2D eigenvalue weighted by molar-refractivity contribution is 6.31. The predicted octanol–water partition coefficient (Wildman–Crippen LogP) is 3.73. The van der Waals surface area contributed by atoms with Crippen LogP contribution in [0.1, 0.15) is 23.5 Å². The molecule has 2 N–H and O–H groups in total. The van der Waals surface area contributed by atoms with Gasteiger partial charge in [0.2, 0.25) is 11.9 Å². The summed E-state index contributed by atoms with van der Waals surface area (Å²) in [5.74, 6) is -0.963. The lowest BCUT2D eigenvalue weighted by Crippen LogP contribution is -2.31. The summed E-state index contributed by atoms with van der Waals surface area (Å²) in [5, 5.41) is 15.4. The summed E-state index contributed by atoms with van der Waals surface area (Å²) >= 11 is 6.43. The van der Waals surface area contributed by atoms with Crippen LogP contribution in [0, 0.1) is 16.0 Å². The van der Waals surface area contributed by atoms with Crippen molar-refractivity contribution in [2.45, 2.75) is 18.4 Å². The van der Waals surface area contributed by atoms with E-state index in [0.717, 1.165) is 22.0 Å². The standard InChI is InChI=1S/C20H18ClN3O3/c21-17-7-3-1-5-12(17)15(11-23-20(25)14-9-19(14)24(26)27)16-10-22-18-8-4-2-6-13(16)18/h1-8,10,14-15,19,22H,9,11H2,(H,23,25)/t14-,15-,19+/m1/s1. The van der Waals surface area contributed by atoms with E-state index >= 15 is 0 Å². The van der Waals surface area contributed by atoms with Gasteiger partial charge in [-0.05, 0) is 23.3 Å². The summed E-state index contributed by atoms with van der Waals surface area (Å²) in [7, 11) is 0. The van der Waals surface area contributed by atoms with Gasteiger partial charge >= 0.3 is 0 Å². The number of nitrogens with one attached hydrogen (secondary N) is 2. The second kappa shape index (κ2) is 7.04. The van der Waals surface area contributed by atoms with Crippen LogP contribution >= 0.6 is 11.6 Å². The van der Waals surface area contributed by atoms with Crippen molar-refractivity contribution >= 4 is 28.4 Å². The Morgan fingerprint density at radius 1 is 1.22 bits per heavy atom. The number of aromatic nitrogens is 1. The van der Waals surface area contributed by atoms with Crippen molar-refractivity contribution in [1.82, 2.24) is 10.3 Å². The SMILES string of the molecule is O=C(NC[C@H](c1ccccc1Cl)c1c[nH]c2ccccc12)[C@@H]1C[C@@H]1[N+](=O)[O-]. The van der Waals surface area contributed by atoms with Crippen LogP contribution in [0.15, 0.2) is 54.7 Å². The number of amides is 1. The van der Waals surface area contributed by atoms with Crippen LogP contribution in [-0.4, -0.2) is 28.4 Å². The summed E-state index contributed by atoms with van der Waals surface area (Å²) < 4.78 is 0. The van der Waals surface area contributed by atoms with E-state index in [1.165, 1.54) is 0 Å². The number of nitro groups is 1. The van der Waals surface area contributed by atoms with Crippen LogP contribution in [0.25, 0.3) is 10.9 Å². The third-order valence-corrected chi connectivity index (χ3v) is 5.47. The molecule has 3 aromatic rings. The number of carbonyl (C=O) groups excluding carboxylic acids is 1. The molecule has 7 heteroatoms. The zero-order chi connectivity index (χ0) is 19.0. The molecule has 1 aliphatic carbocycles. The maximum atomic E-state index is 12.3. The van der Waals surface area contributed by atoms with Gasteiger partial charge in [-0.2, -0.15) is 0 Å². The van der Waals surface area contributed by atoms with Crippen molar-refractivity contribution < 1.29 is 9.72 Å². The lowest BCUT2D eigenvalue weighted by atomic mass is 9.90. The first-order valence-corrected chi connectivity index (χ1v) is 9.15. The zero-order valence-corrected chi connectivity index (χ0v) is 15.1. The van der Waals surface area contributed by atoms with Gasteiger partial charge in [0, 0.05) is 45.9 Å². The first-order valence-electron chi connectivity index (χ1n) is 8.78. The number of hydrogen-bond donors (Lipinski definition) is 2. The lowest BCUT2D eigenvalue weighted by molar-refractivity contribution is -0.497. The van der Waals surface area contributed by atoms with E-state index in [0.29, 0.717) is 18.0 Å². The molecule has 1 heterocycles. The number of fused-ring (bicyclic) bond motifs is 1. The van der Waals surface area contributed by atoms with Gasteiger partial charge in [-0.15, -0.1) is 0 Å². The molecule has 6 nitrogen and oxygen atoms in total. The Hall–Kier alpha value is -2.86. The van der Waals surface area contributed by atoms with E-state index in [9.17, 15) is 14.9 Å². The number of para-hydroxylation sites is 1. The molecule has 0 unspecified atom stereocenters. The van der Waals surface area contributed by atoms with Crippen LogP contribution in [-0.2, 0) is 4.79 Å². The topological polar surface area (TPSA) is 88.0 Å². The number of halogens is 1. The van der Waals surface area contributed by atoms with Crippen LogP contribution in [0.5, 0.6) is 0 Å². The molecule has 2 aromatic carbocycles. The molecule has 4 rings (SSSR count). The number of hydrogen-bond acceptors (Lipinski definition) is 3. The number of rotatable bonds is 6. The van der Waals surface area contributed by atoms with E-state index in [2.05, 4.69) is 10.3 Å². The maximum Gasteiger partial charge on any atom is 0.230 e. The van der Waals surface area contributed by atoms with Gasteiger partial charge in [0.15, 0.2) is 0 Å². The number of benzene rings is 2. The lowest BCUT2D eigenvalue weighted by Gasteiger charge is -2.19. The minimum absolute atomic E-state index is 0.161.